The molecule has 1 aromatic heterocycles. The van der Waals surface area contributed by atoms with Crippen molar-refractivity contribution < 1.29 is 23.1 Å². The summed E-state index contributed by atoms with van der Waals surface area (Å²) in [5, 5.41) is 9.14. The first-order valence-corrected chi connectivity index (χ1v) is 6.45. The number of nitrogens with zero attached hydrogens (tertiary/aromatic N) is 1. The summed E-state index contributed by atoms with van der Waals surface area (Å²) < 4.78 is 40.7. The Morgan fingerprint density at radius 2 is 1.86 bits per heavy atom. The molecule has 21 heavy (non-hydrogen) atoms. The number of halogens is 3. The second-order valence-electron chi connectivity index (χ2n) is 4.60. The maximum atomic E-state index is 13.1. The summed E-state index contributed by atoms with van der Waals surface area (Å²) in [6, 6.07) is 7.94. The van der Waals surface area contributed by atoms with E-state index in [1.807, 2.05) is 6.92 Å². The smallest absolute Gasteiger partial charge is 0.417 e. The van der Waals surface area contributed by atoms with Crippen LogP contribution in [0, 0.1) is 0 Å². The van der Waals surface area contributed by atoms with Gasteiger partial charge in [-0.15, -0.1) is 0 Å². The summed E-state index contributed by atoms with van der Waals surface area (Å²) >= 11 is 0. The van der Waals surface area contributed by atoms with Crippen molar-refractivity contribution in [2.24, 2.45) is 0 Å². The van der Waals surface area contributed by atoms with Gasteiger partial charge in [-0.2, -0.15) is 13.2 Å². The molecule has 0 fully saturated rings. The number of benzene rings is 1. The topological polar surface area (TPSA) is 42.2 Å². The van der Waals surface area contributed by atoms with E-state index < -0.39 is 17.7 Å². The van der Waals surface area contributed by atoms with Gasteiger partial charge in [0.1, 0.15) is 5.69 Å². The highest BCUT2D eigenvalue weighted by atomic mass is 19.4. The van der Waals surface area contributed by atoms with Crippen molar-refractivity contribution in [1.29, 1.82) is 0 Å². The molecule has 2 rings (SSSR count). The third kappa shape index (κ3) is 2.94. The lowest BCUT2D eigenvalue weighted by atomic mass is 10.0. The van der Waals surface area contributed by atoms with Crippen molar-refractivity contribution >= 4 is 5.97 Å². The average molecular weight is 297 g/mol. The van der Waals surface area contributed by atoms with Crippen LogP contribution in [0.25, 0.3) is 11.3 Å². The van der Waals surface area contributed by atoms with Gasteiger partial charge in [0.25, 0.3) is 0 Å². The molecule has 0 saturated heterocycles. The summed E-state index contributed by atoms with van der Waals surface area (Å²) in [4.78, 5) is 11.2. The number of aromatic carboxylic acids is 1. The zero-order valence-electron chi connectivity index (χ0n) is 11.3. The van der Waals surface area contributed by atoms with Crippen LogP contribution in [0.1, 0.15) is 29.4 Å². The van der Waals surface area contributed by atoms with Crippen LogP contribution in [0.3, 0.4) is 0 Å². The number of rotatable bonds is 4. The molecule has 0 atom stereocenters. The second kappa shape index (κ2) is 5.63. The molecular weight excluding hydrogens is 283 g/mol. The second-order valence-corrected chi connectivity index (χ2v) is 4.60. The summed E-state index contributed by atoms with van der Waals surface area (Å²) in [7, 11) is 0. The molecule has 0 bridgehead atoms. The van der Waals surface area contributed by atoms with Gasteiger partial charge in [0, 0.05) is 17.8 Å². The summed E-state index contributed by atoms with van der Waals surface area (Å²) in [6.07, 6.45) is -3.86. The maximum absolute atomic E-state index is 13.1. The third-order valence-electron chi connectivity index (χ3n) is 3.16. The SMILES string of the molecule is CCCn1c(C(=O)O)ccc1-c1ccccc1C(F)(F)F. The average Bonchev–Trinajstić information content (AvgIpc) is 2.82. The molecule has 0 unspecified atom stereocenters. The van der Waals surface area contributed by atoms with Crippen LogP contribution in [0.2, 0.25) is 0 Å². The van der Waals surface area contributed by atoms with Crippen LogP contribution >= 0.6 is 0 Å². The van der Waals surface area contributed by atoms with E-state index in [1.54, 1.807) is 0 Å². The van der Waals surface area contributed by atoms with E-state index in [-0.39, 0.29) is 17.0 Å². The van der Waals surface area contributed by atoms with Crippen LogP contribution in [0.5, 0.6) is 0 Å². The van der Waals surface area contributed by atoms with Crippen molar-refractivity contribution in [3.63, 3.8) is 0 Å². The Labute approximate surface area is 119 Å². The number of carbonyl (C=O) groups is 1. The standard InChI is InChI=1S/C15H14F3NO2/c1-2-9-19-12(7-8-13(19)14(20)21)10-5-3-4-6-11(10)15(16,17)18/h3-8H,2,9H2,1H3,(H,20,21). The van der Waals surface area contributed by atoms with Gasteiger partial charge < -0.3 is 9.67 Å². The summed E-state index contributed by atoms with van der Waals surface area (Å²) in [5.41, 5.74) is -0.519. The van der Waals surface area contributed by atoms with Gasteiger partial charge >= 0.3 is 12.1 Å². The molecule has 1 N–H and O–H groups in total. The molecule has 0 aliphatic rings. The van der Waals surface area contributed by atoms with Gasteiger partial charge in [-0.1, -0.05) is 25.1 Å². The molecular formula is C15H14F3NO2. The Hall–Kier alpha value is -2.24. The predicted octanol–water partition coefficient (Wildman–Crippen LogP) is 4.28. The van der Waals surface area contributed by atoms with Crippen LogP contribution < -0.4 is 0 Å². The van der Waals surface area contributed by atoms with Crippen molar-refractivity contribution in [2.45, 2.75) is 26.1 Å². The van der Waals surface area contributed by atoms with Gasteiger partial charge in [-0.3, -0.25) is 0 Å². The first-order valence-electron chi connectivity index (χ1n) is 6.45. The minimum Gasteiger partial charge on any atom is -0.477 e. The molecule has 1 heterocycles. The van der Waals surface area contributed by atoms with Gasteiger partial charge in [0.2, 0.25) is 0 Å². The summed E-state index contributed by atoms with van der Waals surface area (Å²) in [5.74, 6) is -1.15. The fraction of sp³-hybridized carbons (Fsp3) is 0.267. The molecule has 0 radical (unpaired) electrons. The molecule has 2 aromatic rings. The van der Waals surface area contributed by atoms with E-state index in [0.717, 1.165) is 6.07 Å². The van der Waals surface area contributed by atoms with Crippen LogP contribution in [-0.2, 0) is 12.7 Å². The fourth-order valence-electron chi connectivity index (χ4n) is 2.31. The van der Waals surface area contributed by atoms with E-state index >= 15 is 0 Å². The van der Waals surface area contributed by atoms with E-state index in [4.69, 9.17) is 5.11 Å². The lowest BCUT2D eigenvalue weighted by Crippen LogP contribution is -2.12. The minimum atomic E-state index is -4.48. The fourth-order valence-corrected chi connectivity index (χ4v) is 2.31. The number of hydrogen-bond donors (Lipinski definition) is 1. The molecule has 0 spiro atoms. The van der Waals surface area contributed by atoms with Crippen molar-refractivity contribution in [3.8, 4) is 11.3 Å². The zero-order valence-corrected chi connectivity index (χ0v) is 11.3. The highest BCUT2D eigenvalue weighted by Gasteiger charge is 2.34. The minimum absolute atomic E-state index is 0.00838. The molecule has 1 aromatic carbocycles. The van der Waals surface area contributed by atoms with Crippen LogP contribution in [-0.4, -0.2) is 15.6 Å². The van der Waals surface area contributed by atoms with Crippen molar-refractivity contribution in [2.75, 3.05) is 0 Å². The number of carboxylic acid groups (broad SMARTS) is 1. The Kier molecular flexibility index (Phi) is 4.06. The van der Waals surface area contributed by atoms with Crippen molar-refractivity contribution in [1.82, 2.24) is 4.57 Å². The van der Waals surface area contributed by atoms with E-state index in [9.17, 15) is 18.0 Å². The molecule has 0 amide bonds. The van der Waals surface area contributed by atoms with Crippen molar-refractivity contribution in [3.05, 3.63) is 47.7 Å². The van der Waals surface area contributed by atoms with Gasteiger partial charge in [-0.05, 0) is 24.6 Å². The number of hydrogen-bond acceptors (Lipinski definition) is 1. The quantitative estimate of drug-likeness (QED) is 0.915. The first-order chi connectivity index (χ1) is 9.86. The van der Waals surface area contributed by atoms with E-state index in [2.05, 4.69) is 0 Å². The largest absolute Gasteiger partial charge is 0.477 e. The molecule has 0 saturated carbocycles. The number of alkyl halides is 3. The van der Waals surface area contributed by atoms with Gasteiger partial charge in [0.15, 0.2) is 0 Å². The number of carboxylic acids is 1. The Morgan fingerprint density at radius 3 is 2.43 bits per heavy atom. The molecule has 0 aliphatic heterocycles. The summed E-state index contributed by atoms with van der Waals surface area (Å²) in [6.45, 7) is 2.18. The molecule has 0 aliphatic carbocycles. The monoisotopic (exact) mass is 297 g/mol. The van der Waals surface area contributed by atoms with Gasteiger partial charge in [-0.25, -0.2) is 4.79 Å². The highest BCUT2D eigenvalue weighted by molar-refractivity contribution is 5.87. The molecule has 112 valence electrons. The third-order valence-corrected chi connectivity index (χ3v) is 3.16. The normalized spacial score (nSPS) is 11.6. The lowest BCUT2D eigenvalue weighted by Gasteiger charge is -2.15. The lowest BCUT2D eigenvalue weighted by molar-refractivity contribution is -0.137. The number of aromatic nitrogens is 1. The molecule has 3 nitrogen and oxygen atoms in total. The Balaban J connectivity index is 2.65. The Bertz CT molecular complexity index is 659. The predicted molar refractivity (Wildman–Crippen MR) is 72.1 cm³/mol. The van der Waals surface area contributed by atoms with E-state index in [0.29, 0.717) is 13.0 Å². The Morgan fingerprint density at radius 1 is 1.19 bits per heavy atom. The van der Waals surface area contributed by atoms with Gasteiger partial charge in [0.05, 0.1) is 5.56 Å². The highest BCUT2D eigenvalue weighted by Crippen LogP contribution is 2.37. The zero-order chi connectivity index (χ0) is 15.6. The van der Waals surface area contributed by atoms with Crippen LogP contribution in [0.4, 0.5) is 13.2 Å². The van der Waals surface area contributed by atoms with E-state index in [1.165, 1.54) is 34.9 Å². The maximum Gasteiger partial charge on any atom is 0.417 e. The molecule has 6 heteroatoms. The first kappa shape index (κ1) is 15.2. The van der Waals surface area contributed by atoms with Crippen LogP contribution in [0.15, 0.2) is 36.4 Å².